The van der Waals surface area contributed by atoms with Gasteiger partial charge in [-0.3, -0.25) is 4.57 Å². The van der Waals surface area contributed by atoms with Crippen LogP contribution in [-0.2, 0) is 5.41 Å². The number of hydrogen-bond donors (Lipinski definition) is 0. The largest absolute Gasteiger partial charge is 0.439 e. The molecule has 3 aromatic carbocycles. The molecule has 0 bridgehead atoms. The van der Waals surface area contributed by atoms with E-state index >= 15 is 0 Å². The van der Waals surface area contributed by atoms with Crippen LogP contribution in [0.15, 0.2) is 109 Å². The number of hydrogen-bond acceptors (Lipinski definition) is 3. The summed E-state index contributed by atoms with van der Waals surface area (Å²) in [7, 11) is 0. The van der Waals surface area contributed by atoms with Crippen molar-refractivity contribution in [2.45, 2.75) is 26.2 Å². The number of fused-ring (bicyclic) bond motifs is 3. The molecule has 0 radical (unpaired) electrons. The third-order valence-electron chi connectivity index (χ3n) is 6.54. The van der Waals surface area contributed by atoms with Crippen LogP contribution in [0.3, 0.4) is 0 Å². The molecule has 3 aromatic heterocycles. The number of benzene rings is 3. The lowest BCUT2D eigenvalue weighted by Gasteiger charge is -2.19. The minimum atomic E-state index is 0.0574. The molecule has 3 heterocycles. The van der Waals surface area contributed by atoms with Gasteiger partial charge in [0.25, 0.3) is 0 Å². The molecule has 0 aliphatic carbocycles. The molecule has 6 rings (SSSR count). The zero-order valence-corrected chi connectivity index (χ0v) is 20.6. The van der Waals surface area contributed by atoms with E-state index < -0.39 is 0 Å². The monoisotopic (exact) mass is 469 g/mol. The Hall–Kier alpha value is -4.44. The number of ether oxygens (including phenoxy) is 1. The highest BCUT2D eigenvalue weighted by atomic mass is 16.5. The Morgan fingerprint density at radius 1 is 0.667 bits per heavy atom. The molecule has 0 spiro atoms. The zero-order valence-electron chi connectivity index (χ0n) is 20.6. The van der Waals surface area contributed by atoms with Gasteiger partial charge in [0.05, 0.1) is 11.0 Å². The molecule has 176 valence electrons. The molecule has 0 N–H and O–H groups in total. The second kappa shape index (κ2) is 8.65. The van der Waals surface area contributed by atoms with Gasteiger partial charge in [-0.05, 0) is 58.5 Å². The van der Waals surface area contributed by atoms with Gasteiger partial charge in [-0.2, -0.15) is 0 Å². The van der Waals surface area contributed by atoms with Crippen molar-refractivity contribution in [3.05, 3.63) is 115 Å². The summed E-state index contributed by atoms with van der Waals surface area (Å²) in [6.07, 6.45) is 3.73. The summed E-state index contributed by atoms with van der Waals surface area (Å²) >= 11 is 0. The molecule has 0 aliphatic heterocycles. The minimum absolute atomic E-state index is 0.0574. The van der Waals surface area contributed by atoms with Crippen molar-refractivity contribution in [3.8, 4) is 28.6 Å². The zero-order chi connectivity index (χ0) is 24.7. The summed E-state index contributed by atoms with van der Waals surface area (Å²) in [5, 5.41) is 2.42. The van der Waals surface area contributed by atoms with E-state index in [-0.39, 0.29) is 5.41 Å². The molecule has 0 atom stereocenters. The Morgan fingerprint density at radius 3 is 2.25 bits per heavy atom. The van der Waals surface area contributed by atoms with E-state index in [4.69, 9.17) is 9.72 Å². The summed E-state index contributed by atoms with van der Waals surface area (Å²) < 4.78 is 8.24. The quantitative estimate of drug-likeness (QED) is 0.260. The van der Waals surface area contributed by atoms with Crippen LogP contribution in [0, 0.1) is 0 Å². The number of pyridine rings is 2. The average molecular weight is 470 g/mol. The fourth-order valence-corrected chi connectivity index (χ4v) is 4.63. The average Bonchev–Trinajstić information content (AvgIpc) is 3.23. The maximum Gasteiger partial charge on any atom is 0.219 e. The molecule has 0 saturated heterocycles. The van der Waals surface area contributed by atoms with Crippen molar-refractivity contribution in [1.29, 1.82) is 0 Å². The maximum atomic E-state index is 5.98. The molecule has 36 heavy (non-hydrogen) atoms. The summed E-state index contributed by atoms with van der Waals surface area (Å²) in [6, 6.07) is 33.2. The Bertz CT molecular complexity index is 1680. The second-order valence-corrected chi connectivity index (χ2v) is 10.0. The number of aromatic nitrogens is 3. The summed E-state index contributed by atoms with van der Waals surface area (Å²) in [4.78, 5) is 9.16. The molecule has 0 fully saturated rings. The van der Waals surface area contributed by atoms with Crippen LogP contribution >= 0.6 is 0 Å². The number of nitrogens with zero attached hydrogens (tertiary/aromatic N) is 3. The highest BCUT2D eigenvalue weighted by Crippen LogP contribution is 2.35. The molecular weight excluding hydrogens is 442 g/mol. The van der Waals surface area contributed by atoms with E-state index in [1.165, 1.54) is 16.3 Å². The van der Waals surface area contributed by atoms with E-state index in [9.17, 15) is 0 Å². The van der Waals surface area contributed by atoms with E-state index in [1.807, 2.05) is 36.5 Å². The molecule has 4 heteroatoms. The smallest absolute Gasteiger partial charge is 0.219 e. The number of para-hydroxylation sites is 1. The highest BCUT2D eigenvalue weighted by molar-refractivity contribution is 6.10. The molecular formula is C32H27N3O. The Balaban J connectivity index is 1.48. The summed E-state index contributed by atoms with van der Waals surface area (Å²) in [6.45, 7) is 6.63. The Kier molecular flexibility index (Phi) is 5.30. The van der Waals surface area contributed by atoms with Gasteiger partial charge >= 0.3 is 0 Å². The van der Waals surface area contributed by atoms with Gasteiger partial charge in [-0.1, -0.05) is 75.4 Å². The van der Waals surface area contributed by atoms with Crippen molar-refractivity contribution in [1.82, 2.24) is 14.5 Å². The van der Waals surface area contributed by atoms with Crippen LogP contribution in [0.5, 0.6) is 11.6 Å². The topological polar surface area (TPSA) is 39.9 Å². The van der Waals surface area contributed by atoms with Crippen molar-refractivity contribution < 1.29 is 4.74 Å². The van der Waals surface area contributed by atoms with Crippen molar-refractivity contribution in [2.24, 2.45) is 0 Å². The first kappa shape index (κ1) is 22.1. The predicted octanol–water partition coefficient (Wildman–Crippen LogP) is 8.33. The first-order valence-electron chi connectivity index (χ1n) is 12.2. The van der Waals surface area contributed by atoms with E-state index in [1.54, 1.807) is 6.20 Å². The first-order valence-corrected chi connectivity index (χ1v) is 12.2. The molecule has 6 aromatic rings. The van der Waals surface area contributed by atoms with Crippen LogP contribution in [0.25, 0.3) is 38.8 Å². The number of rotatable bonds is 4. The van der Waals surface area contributed by atoms with Gasteiger partial charge in [0.2, 0.25) is 5.88 Å². The lowest BCUT2D eigenvalue weighted by Crippen LogP contribution is -2.11. The normalized spacial score (nSPS) is 11.8. The lowest BCUT2D eigenvalue weighted by molar-refractivity contribution is 0.463. The van der Waals surface area contributed by atoms with E-state index in [0.29, 0.717) is 5.88 Å². The first-order chi connectivity index (χ1) is 17.5. The van der Waals surface area contributed by atoms with E-state index in [0.717, 1.165) is 33.7 Å². The van der Waals surface area contributed by atoms with Gasteiger partial charge in [0.15, 0.2) is 0 Å². The fourth-order valence-electron chi connectivity index (χ4n) is 4.63. The molecule has 0 saturated carbocycles. The lowest BCUT2D eigenvalue weighted by atomic mass is 9.88. The van der Waals surface area contributed by atoms with Crippen LogP contribution in [0.1, 0.15) is 26.3 Å². The highest BCUT2D eigenvalue weighted by Gasteiger charge is 2.17. The van der Waals surface area contributed by atoms with Gasteiger partial charge in [0, 0.05) is 29.2 Å². The van der Waals surface area contributed by atoms with Crippen molar-refractivity contribution in [3.63, 3.8) is 0 Å². The fraction of sp³-hybridized carbons (Fsp3) is 0.125. The Morgan fingerprint density at radius 2 is 1.47 bits per heavy atom. The predicted molar refractivity (Wildman–Crippen MR) is 147 cm³/mol. The van der Waals surface area contributed by atoms with Gasteiger partial charge in [-0.25, -0.2) is 9.97 Å². The SMILES string of the molecule is CC(C)(C)c1ccc(-n2c3ccccc3c3ccc(-c4cccc(Oc5ccccn5)c4)cc32)nc1. The van der Waals surface area contributed by atoms with E-state index in [2.05, 4.69) is 97.1 Å². The second-order valence-electron chi connectivity index (χ2n) is 10.0. The maximum absolute atomic E-state index is 5.98. The molecule has 4 nitrogen and oxygen atoms in total. The molecule has 0 aliphatic rings. The summed E-state index contributed by atoms with van der Waals surface area (Å²) in [5.74, 6) is 2.25. The standard InChI is InChI=1S/C32H27N3O/c1-32(2,3)24-15-17-30(34-21-24)35-28-12-5-4-11-26(28)27-16-14-23(20-29(27)35)22-9-8-10-25(19-22)36-31-13-6-7-18-33-31/h4-21H,1-3H3. The molecule has 0 unspecified atom stereocenters. The third kappa shape index (κ3) is 4.01. The van der Waals surface area contributed by atoms with Gasteiger partial charge in [-0.15, -0.1) is 0 Å². The van der Waals surface area contributed by atoms with Crippen LogP contribution in [0.4, 0.5) is 0 Å². The third-order valence-corrected chi connectivity index (χ3v) is 6.54. The van der Waals surface area contributed by atoms with Crippen LogP contribution in [0.2, 0.25) is 0 Å². The van der Waals surface area contributed by atoms with Gasteiger partial charge < -0.3 is 4.74 Å². The van der Waals surface area contributed by atoms with Gasteiger partial charge in [0.1, 0.15) is 11.6 Å². The van der Waals surface area contributed by atoms with Crippen LogP contribution < -0.4 is 4.74 Å². The van der Waals surface area contributed by atoms with Crippen molar-refractivity contribution in [2.75, 3.05) is 0 Å². The van der Waals surface area contributed by atoms with Crippen LogP contribution in [-0.4, -0.2) is 14.5 Å². The minimum Gasteiger partial charge on any atom is -0.439 e. The Labute approximate surface area is 210 Å². The molecule has 0 amide bonds. The van der Waals surface area contributed by atoms with Crippen molar-refractivity contribution >= 4 is 21.8 Å². The summed E-state index contributed by atoms with van der Waals surface area (Å²) in [5.41, 5.74) is 5.75.